The highest BCUT2D eigenvalue weighted by Crippen LogP contribution is 2.27. The van der Waals surface area contributed by atoms with Gasteiger partial charge in [0.1, 0.15) is 17.4 Å². The van der Waals surface area contributed by atoms with Crippen LogP contribution in [0.2, 0.25) is 0 Å². The van der Waals surface area contributed by atoms with Crippen LogP contribution in [-0.4, -0.2) is 55.5 Å². The molecule has 1 heterocycles. The van der Waals surface area contributed by atoms with Gasteiger partial charge in [0.25, 0.3) is 17.2 Å². The molecular formula is C25H23N5O8. The number of hydrogen-bond acceptors (Lipinski definition) is 8. The number of nitro benzene ring substituents is 1. The maximum Gasteiger partial charge on any atom is 0.326 e. The highest BCUT2D eigenvalue weighted by molar-refractivity contribution is 6.00. The number of nitrogens with zero attached hydrogens (tertiary/aromatic N) is 3. The smallest absolute Gasteiger partial charge is 0.326 e. The van der Waals surface area contributed by atoms with Crippen LogP contribution in [0, 0.1) is 29.4 Å². The number of aromatic nitrogens is 2. The van der Waals surface area contributed by atoms with Crippen molar-refractivity contribution in [3.63, 3.8) is 0 Å². The summed E-state index contributed by atoms with van der Waals surface area (Å²) in [5, 5.41) is 32.4. The Labute approximate surface area is 215 Å². The Bertz CT molecular complexity index is 1520. The molecule has 4 N–H and O–H groups in total. The number of aryl methyl sites for hydroxylation is 1. The zero-order chi connectivity index (χ0) is 28.0. The van der Waals surface area contributed by atoms with E-state index in [9.17, 15) is 34.4 Å². The molecule has 0 saturated heterocycles. The molecule has 3 aromatic rings. The Balaban J connectivity index is 1.92. The topological polar surface area (TPSA) is 196 Å². The maximum absolute atomic E-state index is 12.7. The van der Waals surface area contributed by atoms with Gasteiger partial charge in [-0.15, -0.1) is 6.42 Å². The first kappa shape index (κ1) is 27.3. The number of aliphatic carboxylic acids is 2. The molecule has 13 heteroatoms. The minimum absolute atomic E-state index is 0.0412. The quantitative estimate of drug-likeness (QED) is 0.164. The van der Waals surface area contributed by atoms with Gasteiger partial charge < -0.3 is 25.4 Å². The largest absolute Gasteiger partial charge is 0.481 e. The summed E-state index contributed by atoms with van der Waals surface area (Å²) in [6.45, 7) is 1.88. The number of aromatic amines is 1. The molecule has 0 radical (unpaired) electrons. The minimum atomic E-state index is -1.55. The molecule has 0 spiro atoms. The molecule has 13 nitrogen and oxygen atoms in total. The first-order valence-corrected chi connectivity index (χ1v) is 11.2. The van der Waals surface area contributed by atoms with Crippen LogP contribution in [0.15, 0.2) is 41.2 Å². The first-order valence-electron chi connectivity index (χ1n) is 11.2. The van der Waals surface area contributed by atoms with E-state index in [1.54, 1.807) is 30.0 Å². The lowest BCUT2D eigenvalue weighted by molar-refractivity contribution is -0.385. The van der Waals surface area contributed by atoms with Gasteiger partial charge in [0.2, 0.25) is 0 Å². The zero-order valence-electron chi connectivity index (χ0n) is 20.1. The van der Waals surface area contributed by atoms with E-state index >= 15 is 0 Å². The van der Waals surface area contributed by atoms with Crippen LogP contribution < -0.4 is 15.8 Å². The van der Waals surface area contributed by atoms with Crippen molar-refractivity contribution in [2.24, 2.45) is 0 Å². The number of carboxylic acid groups (broad SMARTS) is 2. The second-order valence-corrected chi connectivity index (χ2v) is 8.32. The lowest BCUT2D eigenvalue weighted by atomic mass is 10.1. The summed E-state index contributed by atoms with van der Waals surface area (Å²) in [6.07, 6.45) is 4.59. The van der Waals surface area contributed by atoms with Crippen LogP contribution in [0.25, 0.3) is 10.9 Å². The monoisotopic (exact) mass is 521 g/mol. The second kappa shape index (κ2) is 11.7. The van der Waals surface area contributed by atoms with Gasteiger partial charge in [-0.25, -0.2) is 9.78 Å². The van der Waals surface area contributed by atoms with Crippen molar-refractivity contribution in [2.45, 2.75) is 32.4 Å². The van der Waals surface area contributed by atoms with Crippen LogP contribution in [0.5, 0.6) is 0 Å². The summed E-state index contributed by atoms with van der Waals surface area (Å²) < 4.78 is 0. The van der Waals surface area contributed by atoms with Crippen LogP contribution in [-0.2, 0) is 16.1 Å². The number of carbonyl (C=O) groups excluding carboxylic acids is 1. The number of H-pyrrole nitrogens is 1. The number of rotatable bonds is 11. The van der Waals surface area contributed by atoms with Gasteiger partial charge in [0.05, 0.1) is 22.4 Å². The predicted molar refractivity (Wildman–Crippen MR) is 136 cm³/mol. The summed E-state index contributed by atoms with van der Waals surface area (Å²) in [5.41, 5.74) is 0.178. The third-order valence-corrected chi connectivity index (χ3v) is 5.58. The highest BCUT2D eigenvalue weighted by atomic mass is 16.6. The van der Waals surface area contributed by atoms with Crippen LogP contribution >= 0.6 is 0 Å². The molecule has 38 heavy (non-hydrogen) atoms. The lowest BCUT2D eigenvalue weighted by Crippen LogP contribution is -2.41. The number of nitrogens with one attached hydrogen (secondary N) is 2. The highest BCUT2D eigenvalue weighted by Gasteiger charge is 2.27. The molecule has 0 aliphatic heterocycles. The van der Waals surface area contributed by atoms with Gasteiger partial charge in [-0.05, 0) is 43.2 Å². The lowest BCUT2D eigenvalue weighted by Gasteiger charge is -2.23. The number of carbonyl (C=O) groups is 3. The maximum atomic E-state index is 12.7. The van der Waals surface area contributed by atoms with Crippen molar-refractivity contribution in [3.8, 4) is 12.3 Å². The fourth-order valence-electron chi connectivity index (χ4n) is 3.79. The number of anilines is 1. The molecule has 2 aromatic carbocycles. The molecule has 0 unspecified atom stereocenters. The van der Waals surface area contributed by atoms with Crippen molar-refractivity contribution < 1.29 is 29.5 Å². The van der Waals surface area contributed by atoms with Crippen molar-refractivity contribution >= 4 is 40.1 Å². The Morgan fingerprint density at radius 2 is 1.97 bits per heavy atom. The van der Waals surface area contributed by atoms with E-state index in [1.807, 2.05) is 0 Å². The van der Waals surface area contributed by atoms with E-state index in [0.29, 0.717) is 28.0 Å². The van der Waals surface area contributed by atoms with Gasteiger partial charge >= 0.3 is 11.9 Å². The number of nitro groups is 1. The summed E-state index contributed by atoms with van der Waals surface area (Å²) >= 11 is 0. The number of fused-ring (bicyclic) bond motifs is 1. The molecule has 1 aromatic heterocycles. The Morgan fingerprint density at radius 1 is 1.24 bits per heavy atom. The average molecular weight is 521 g/mol. The van der Waals surface area contributed by atoms with E-state index in [0.717, 1.165) is 6.07 Å². The van der Waals surface area contributed by atoms with Crippen molar-refractivity contribution in [3.05, 3.63) is 73.8 Å². The average Bonchev–Trinajstić information content (AvgIpc) is 2.85. The SMILES string of the molecule is C#CCN(Cc1ccc2nc(C)[nH]c(=O)c2c1)c1ccc(C(=O)N[C@@H](CCC(=O)O)C(=O)O)c([N+](=O)[O-])c1. The zero-order valence-corrected chi connectivity index (χ0v) is 20.1. The normalized spacial score (nSPS) is 11.4. The van der Waals surface area contributed by atoms with Crippen molar-refractivity contribution in [1.82, 2.24) is 15.3 Å². The number of amides is 1. The van der Waals surface area contributed by atoms with E-state index in [1.165, 1.54) is 12.1 Å². The summed E-state index contributed by atoms with van der Waals surface area (Å²) in [5.74, 6) is -0.824. The molecule has 1 amide bonds. The molecule has 0 aliphatic rings. The molecule has 1 atom stereocenters. The minimum Gasteiger partial charge on any atom is -0.481 e. The van der Waals surface area contributed by atoms with Crippen LogP contribution in [0.4, 0.5) is 11.4 Å². The van der Waals surface area contributed by atoms with Gasteiger partial charge in [-0.2, -0.15) is 0 Å². The van der Waals surface area contributed by atoms with E-state index < -0.39 is 52.9 Å². The van der Waals surface area contributed by atoms with Gasteiger partial charge in [-0.1, -0.05) is 12.0 Å². The fourth-order valence-corrected chi connectivity index (χ4v) is 3.79. The van der Waals surface area contributed by atoms with E-state index in [4.69, 9.17) is 11.5 Å². The Kier molecular flexibility index (Phi) is 8.39. The summed E-state index contributed by atoms with van der Waals surface area (Å²) in [6, 6.07) is 7.24. The van der Waals surface area contributed by atoms with Crippen LogP contribution in [0.3, 0.4) is 0 Å². The van der Waals surface area contributed by atoms with Gasteiger partial charge in [0.15, 0.2) is 0 Å². The molecule has 0 fully saturated rings. The molecule has 0 saturated carbocycles. The van der Waals surface area contributed by atoms with Crippen molar-refractivity contribution in [1.29, 1.82) is 0 Å². The standard InChI is InChI=1S/C25H23N5O8/c1-3-10-29(13-15-4-7-19-18(11-15)24(34)27-14(2)26-19)16-5-6-17(21(12-16)30(37)38)23(33)28-20(25(35)36)8-9-22(31)32/h1,4-7,11-12,20H,8-10,13H2,2H3,(H,28,33)(H,31,32)(H,35,36)(H,26,27,34)/t20-/m0/s1. The molecule has 196 valence electrons. The number of benzene rings is 2. The number of terminal acetylenes is 1. The number of hydrogen-bond donors (Lipinski definition) is 4. The van der Waals surface area contributed by atoms with E-state index in [-0.39, 0.29) is 18.6 Å². The van der Waals surface area contributed by atoms with Crippen LogP contribution in [0.1, 0.15) is 34.6 Å². The molecular weight excluding hydrogens is 498 g/mol. The van der Waals surface area contributed by atoms with Gasteiger partial charge in [-0.3, -0.25) is 24.5 Å². The van der Waals surface area contributed by atoms with E-state index in [2.05, 4.69) is 21.2 Å². The summed E-state index contributed by atoms with van der Waals surface area (Å²) in [4.78, 5) is 66.7. The third kappa shape index (κ3) is 6.49. The molecule has 0 bridgehead atoms. The van der Waals surface area contributed by atoms with Crippen molar-refractivity contribution in [2.75, 3.05) is 11.4 Å². The fraction of sp³-hybridized carbons (Fsp3) is 0.240. The molecule has 0 aliphatic carbocycles. The Hall–Kier alpha value is -5.25. The van der Waals surface area contributed by atoms with Gasteiger partial charge in [0, 0.05) is 24.7 Å². The molecule has 3 rings (SSSR count). The Morgan fingerprint density at radius 3 is 2.61 bits per heavy atom. The summed E-state index contributed by atoms with van der Waals surface area (Å²) in [7, 11) is 0. The number of carboxylic acids is 2. The second-order valence-electron chi connectivity index (χ2n) is 8.32. The predicted octanol–water partition coefficient (Wildman–Crippen LogP) is 1.83. The first-order chi connectivity index (χ1) is 18.0. The third-order valence-electron chi connectivity index (χ3n) is 5.58.